The molecule has 1 aliphatic heterocycles. The Hall–Kier alpha value is -1.26. The van der Waals surface area contributed by atoms with E-state index in [0.717, 1.165) is 19.0 Å². The number of guanidine groups is 1. The van der Waals surface area contributed by atoms with E-state index in [2.05, 4.69) is 9.73 Å². The number of carbonyl (C=O) groups is 1. The highest BCUT2D eigenvalue weighted by Crippen LogP contribution is 2.06. The third-order valence-electron chi connectivity index (χ3n) is 2.31. The highest BCUT2D eigenvalue weighted by atomic mass is 16.5. The van der Waals surface area contributed by atoms with Gasteiger partial charge in [0.15, 0.2) is 5.96 Å². The highest BCUT2D eigenvalue weighted by Gasteiger charge is 2.22. The second-order valence-electron chi connectivity index (χ2n) is 3.47. The van der Waals surface area contributed by atoms with Crippen LogP contribution in [0.1, 0.15) is 6.92 Å². The minimum Gasteiger partial charge on any atom is -0.467 e. The molecule has 1 atom stereocenters. The van der Waals surface area contributed by atoms with Gasteiger partial charge in [-0.25, -0.2) is 9.79 Å². The summed E-state index contributed by atoms with van der Waals surface area (Å²) < 4.78 is 4.61. The number of ether oxygens (including phenoxy) is 1. The second-order valence-corrected chi connectivity index (χ2v) is 3.47. The van der Waals surface area contributed by atoms with Gasteiger partial charge in [-0.3, -0.25) is 0 Å². The van der Waals surface area contributed by atoms with Crippen LogP contribution in [0.4, 0.5) is 0 Å². The maximum absolute atomic E-state index is 11.1. The zero-order valence-electron chi connectivity index (χ0n) is 9.15. The number of likely N-dealkylation sites (N-methyl/N-ethyl adjacent to an activating group) is 2. The van der Waals surface area contributed by atoms with Crippen LogP contribution in [-0.4, -0.2) is 62.1 Å². The number of carbonyl (C=O) groups excluding carboxylic acids is 1. The Labute approximate surface area is 84.3 Å². The van der Waals surface area contributed by atoms with Crippen molar-refractivity contribution in [2.24, 2.45) is 4.99 Å². The van der Waals surface area contributed by atoms with Crippen LogP contribution in [0, 0.1) is 0 Å². The van der Waals surface area contributed by atoms with Crippen LogP contribution >= 0.6 is 0 Å². The zero-order chi connectivity index (χ0) is 10.7. The van der Waals surface area contributed by atoms with E-state index >= 15 is 0 Å². The lowest BCUT2D eigenvalue weighted by molar-refractivity contribution is -0.141. The van der Waals surface area contributed by atoms with E-state index in [9.17, 15) is 4.79 Å². The number of nitrogens with zero attached hydrogens (tertiary/aromatic N) is 3. The van der Waals surface area contributed by atoms with Gasteiger partial charge in [0.2, 0.25) is 0 Å². The molecule has 14 heavy (non-hydrogen) atoms. The van der Waals surface area contributed by atoms with E-state index < -0.39 is 6.04 Å². The van der Waals surface area contributed by atoms with Crippen molar-refractivity contribution in [2.75, 3.05) is 34.3 Å². The van der Waals surface area contributed by atoms with Crippen LogP contribution < -0.4 is 0 Å². The molecule has 0 unspecified atom stereocenters. The molecule has 1 aliphatic rings. The van der Waals surface area contributed by atoms with Crippen molar-refractivity contribution < 1.29 is 9.53 Å². The topological polar surface area (TPSA) is 45.1 Å². The summed E-state index contributed by atoms with van der Waals surface area (Å²) in [6.45, 7) is 3.63. The first-order valence-corrected chi connectivity index (χ1v) is 4.64. The van der Waals surface area contributed by atoms with Crippen molar-refractivity contribution in [1.29, 1.82) is 0 Å². The van der Waals surface area contributed by atoms with Crippen LogP contribution in [0.3, 0.4) is 0 Å². The second kappa shape index (κ2) is 4.30. The van der Waals surface area contributed by atoms with E-state index in [1.165, 1.54) is 7.11 Å². The standard InChI is InChI=1S/C9H17N3O2/c1-7(8(13)14-4)10-9-11(2)5-6-12(9)3/h7H,5-6H2,1-4H3/t7-/m0/s1. The molecule has 1 saturated heterocycles. The van der Waals surface area contributed by atoms with Gasteiger partial charge in [-0.05, 0) is 6.92 Å². The Morgan fingerprint density at radius 2 is 1.93 bits per heavy atom. The number of hydrogen-bond donors (Lipinski definition) is 0. The third kappa shape index (κ3) is 2.16. The summed E-state index contributed by atoms with van der Waals surface area (Å²) in [4.78, 5) is 19.5. The van der Waals surface area contributed by atoms with Crippen molar-refractivity contribution in [1.82, 2.24) is 9.80 Å². The average Bonchev–Trinajstić information content (AvgIpc) is 2.48. The molecule has 0 amide bonds. The summed E-state index contributed by atoms with van der Waals surface area (Å²) in [5.41, 5.74) is 0. The maximum atomic E-state index is 11.1. The molecule has 0 radical (unpaired) electrons. The predicted octanol–water partition coefficient (Wildman–Crippen LogP) is -0.219. The number of aliphatic imine (C=N–C) groups is 1. The molecule has 0 aromatic carbocycles. The first-order valence-electron chi connectivity index (χ1n) is 4.64. The van der Waals surface area contributed by atoms with Gasteiger partial charge in [0, 0.05) is 27.2 Å². The summed E-state index contributed by atoms with van der Waals surface area (Å²) in [6.07, 6.45) is 0. The molecule has 0 bridgehead atoms. The van der Waals surface area contributed by atoms with Crippen molar-refractivity contribution in [3.8, 4) is 0 Å². The molecular weight excluding hydrogens is 182 g/mol. The van der Waals surface area contributed by atoms with Crippen molar-refractivity contribution in [3.63, 3.8) is 0 Å². The van der Waals surface area contributed by atoms with Gasteiger partial charge in [0.1, 0.15) is 6.04 Å². The third-order valence-corrected chi connectivity index (χ3v) is 2.31. The molecule has 1 heterocycles. The van der Waals surface area contributed by atoms with Crippen molar-refractivity contribution >= 4 is 11.9 Å². The normalized spacial score (nSPS) is 18.4. The quantitative estimate of drug-likeness (QED) is 0.577. The molecule has 0 saturated carbocycles. The van der Waals surface area contributed by atoms with Crippen molar-refractivity contribution in [2.45, 2.75) is 13.0 Å². The molecule has 1 fully saturated rings. The fraction of sp³-hybridized carbons (Fsp3) is 0.778. The molecule has 0 aliphatic carbocycles. The number of hydrogen-bond acceptors (Lipinski definition) is 3. The Bertz CT molecular complexity index is 240. The predicted molar refractivity (Wildman–Crippen MR) is 54.2 cm³/mol. The molecule has 80 valence electrons. The van der Waals surface area contributed by atoms with E-state index in [-0.39, 0.29) is 5.97 Å². The molecule has 5 heteroatoms. The molecule has 0 aromatic heterocycles. The maximum Gasteiger partial charge on any atom is 0.330 e. The lowest BCUT2D eigenvalue weighted by Crippen LogP contribution is -2.31. The van der Waals surface area contributed by atoms with Crippen LogP contribution in [0.5, 0.6) is 0 Å². The number of rotatable bonds is 2. The summed E-state index contributed by atoms with van der Waals surface area (Å²) in [6, 6.07) is -0.432. The largest absolute Gasteiger partial charge is 0.467 e. The summed E-state index contributed by atoms with van der Waals surface area (Å²) in [5.74, 6) is 0.550. The van der Waals surface area contributed by atoms with E-state index in [4.69, 9.17) is 0 Å². The van der Waals surface area contributed by atoms with Crippen LogP contribution in [0.15, 0.2) is 4.99 Å². The van der Waals surface area contributed by atoms with Gasteiger partial charge in [-0.2, -0.15) is 0 Å². The van der Waals surface area contributed by atoms with Crippen LogP contribution in [0.25, 0.3) is 0 Å². The molecular formula is C9H17N3O2. The monoisotopic (exact) mass is 199 g/mol. The van der Waals surface area contributed by atoms with Crippen molar-refractivity contribution in [3.05, 3.63) is 0 Å². The van der Waals surface area contributed by atoms with Crippen LogP contribution in [-0.2, 0) is 9.53 Å². The van der Waals surface area contributed by atoms with E-state index in [0.29, 0.717) is 0 Å². The number of methoxy groups -OCH3 is 1. The van der Waals surface area contributed by atoms with Crippen LogP contribution in [0.2, 0.25) is 0 Å². The first-order chi connectivity index (χ1) is 6.56. The smallest absolute Gasteiger partial charge is 0.330 e. The van der Waals surface area contributed by atoms with Gasteiger partial charge in [0.25, 0.3) is 0 Å². The fourth-order valence-electron chi connectivity index (χ4n) is 1.39. The molecule has 0 spiro atoms. The lowest BCUT2D eigenvalue weighted by Gasteiger charge is -2.17. The van der Waals surface area contributed by atoms with Gasteiger partial charge in [0.05, 0.1) is 7.11 Å². The van der Waals surface area contributed by atoms with Gasteiger partial charge in [-0.1, -0.05) is 0 Å². The zero-order valence-corrected chi connectivity index (χ0v) is 9.15. The first kappa shape index (κ1) is 10.8. The Balaban J connectivity index is 2.71. The minimum atomic E-state index is -0.432. The highest BCUT2D eigenvalue weighted by molar-refractivity contribution is 5.85. The van der Waals surface area contributed by atoms with E-state index in [1.54, 1.807) is 6.92 Å². The fourth-order valence-corrected chi connectivity index (χ4v) is 1.39. The summed E-state index contributed by atoms with van der Waals surface area (Å²) in [5, 5.41) is 0. The Morgan fingerprint density at radius 3 is 2.36 bits per heavy atom. The van der Waals surface area contributed by atoms with Gasteiger partial charge in [-0.15, -0.1) is 0 Å². The Morgan fingerprint density at radius 1 is 1.43 bits per heavy atom. The summed E-state index contributed by atoms with van der Waals surface area (Å²) in [7, 11) is 5.31. The number of esters is 1. The summed E-state index contributed by atoms with van der Waals surface area (Å²) >= 11 is 0. The SMILES string of the molecule is COC(=O)[C@H](C)N=C1N(C)CCN1C. The lowest BCUT2D eigenvalue weighted by atomic mass is 10.4. The molecule has 5 nitrogen and oxygen atoms in total. The average molecular weight is 199 g/mol. The minimum absolute atomic E-state index is 0.300. The Kier molecular flexibility index (Phi) is 3.33. The van der Waals surface area contributed by atoms with E-state index in [1.807, 2.05) is 23.9 Å². The molecule has 0 aromatic rings. The molecule has 0 N–H and O–H groups in total. The molecule has 1 rings (SSSR count). The van der Waals surface area contributed by atoms with Gasteiger partial charge < -0.3 is 14.5 Å². The van der Waals surface area contributed by atoms with Gasteiger partial charge >= 0.3 is 5.97 Å².